The van der Waals surface area contributed by atoms with Crippen LogP contribution in [0.4, 0.5) is 10.1 Å². The number of carbonyl (C=O) groups excluding carboxylic acids is 1. The molecule has 2 N–H and O–H groups in total. The van der Waals surface area contributed by atoms with Gasteiger partial charge in [0.25, 0.3) is 5.56 Å². The maximum absolute atomic E-state index is 13.4. The van der Waals surface area contributed by atoms with Crippen molar-refractivity contribution in [2.45, 2.75) is 20.4 Å². The lowest BCUT2D eigenvalue weighted by atomic mass is 10.3. The first kappa shape index (κ1) is 19.2. The number of hydrogen-bond donors (Lipinski definition) is 2. The van der Waals surface area contributed by atoms with Gasteiger partial charge in [-0.25, -0.2) is 9.18 Å². The summed E-state index contributed by atoms with van der Waals surface area (Å²) in [7, 11) is 0. The summed E-state index contributed by atoms with van der Waals surface area (Å²) < 4.78 is 19.9. The number of esters is 1. The van der Waals surface area contributed by atoms with Crippen molar-refractivity contribution in [3.8, 4) is 11.8 Å². The second-order valence-corrected chi connectivity index (χ2v) is 6.01. The van der Waals surface area contributed by atoms with Crippen molar-refractivity contribution >= 4 is 34.8 Å². The second kappa shape index (κ2) is 8.31. The first-order valence-corrected chi connectivity index (χ1v) is 8.51. The molecule has 7 nitrogen and oxygen atoms in total. The van der Waals surface area contributed by atoms with Crippen molar-refractivity contribution in [1.82, 2.24) is 4.57 Å². The van der Waals surface area contributed by atoms with E-state index in [0.717, 1.165) is 17.4 Å². The predicted molar refractivity (Wildman–Crippen MR) is 95.3 cm³/mol. The van der Waals surface area contributed by atoms with Gasteiger partial charge in [0.15, 0.2) is 17.1 Å². The summed E-state index contributed by atoms with van der Waals surface area (Å²) in [6.07, 6.45) is 1.36. The van der Waals surface area contributed by atoms with Gasteiger partial charge in [0.1, 0.15) is 15.3 Å². The van der Waals surface area contributed by atoms with E-state index in [1.807, 2.05) is 0 Å². The van der Waals surface area contributed by atoms with E-state index in [1.165, 1.54) is 22.9 Å². The molecule has 0 atom stereocenters. The Hall–Kier alpha value is -3.12. The first-order chi connectivity index (χ1) is 12.4. The number of aromatic nitrogens is 1. The number of phenols is 1. The third kappa shape index (κ3) is 3.92. The zero-order valence-corrected chi connectivity index (χ0v) is 14.9. The van der Waals surface area contributed by atoms with Crippen molar-refractivity contribution in [2.24, 2.45) is 0 Å². The average molecular weight is 377 g/mol. The van der Waals surface area contributed by atoms with Crippen LogP contribution in [0.15, 0.2) is 23.0 Å². The van der Waals surface area contributed by atoms with E-state index in [9.17, 15) is 24.3 Å². The van der Waals surface area contributed by atoms with E-state index in [2.05, 4.69) is 5.32 Å². The lowest BCUT2D eigenvalue weighted by molar-refractivity contribution is -0.136. The smallest absolute Gasteiger partial charge is 0.351 e. The van der Waals surface area contributed by atoms with Crippen LogP contribution in [0, 0.1) is 17.1 Å². The number of halogens is 1. The number of nitrogens with zero attached hydrogens (tertiary/aromatic N) is 2. The molecule has 1 heterocycles. The molecule has 2 rings (SSSR count). The van der Waals surface area contributed by atoms with E-state index in [4.69, 9.17) is 4.74 Å². The highest BCUT2D eigenvalue weighted by molar-refractivity contribution is 7.07. The van der Waals surface area contributed by atoms with E-state index >= 15 is 0 Å². The highest BCUT2D eigenvalue weighted by atomic mass is 32.1. The van der Waals surface area contributed by atoms with Gasteiger partial charge in [0, 0.05) is 24.5 Å². The minimum atomic E-state index is -0.802. The maximum Gasteiger partial charge on any atom is 0.351 e. The molecular formula is C17H16FN3O4S. The Kier molecular flexibility index (Phi) is 6.14. The summed E-state index contributed by atoms with van der Waals surface area (Å²) in [6.45, 7) is 3.70. The number of rotatable bonds is 5. The Labute approximate surface area is 151 Å². The van der Waals surface area contributed by atoms with Gasteiger partial charge < -0.3 is 15.2 Å². The Morgan fingerprint density at radius 3 is 2.81 bits per heavy atom. The van der Waals surface area contributed by atoms with Gasteiger partial charge in [-0.3, -0.25) is 9.36 Å². The van der Waals surface area contributed by atoms with Crippen molar-refractivity contribution < 1.29 is 19.0 Å². The number of anilines is 1. The maximum atomic E-state index is 13.4. The molecule has 9 heteroatoms. The third-order valence-electron chi connectivity index (χ3n) is 3.35. The molecule has 0 bridgehead atoms. The number of hydrogen-bond acceptors (Lipinski definition) is 7. The lowest BCUT2D eigenvalue weighted by Crippen LogP contribution is -2.32. The fraction of sp³-hybridized carbons (Fsp3) is 0.235. The molecule has 0 unspecified atom stereocenters. The van der Waals surface area contributed by atoms with Crippen molar-refractivity contribution in [3.05, 3.63) is 43.6 Å². The molecule has 26 heavy (non-hydrogen) atoms. The van der Waals surface area contributed by atoms with Crippen molar-refractivity contribution in [2.75, 3.05) is 11.9 Å². The molecule has 2 aromatic rings. The minimum absolute atomic E-state index is 0.110. The van der Waals surface area contributed by atoms with Crippen LogP contribution in [0.25, 0.3) is 11.8 Å². The van der Waals surface area contributed by atoms with Crippen molar-refractivity contribution in [3.63, 3.8) is 0 Å². The van der Waals surface area contributed by atoms with Gasteiger partial charge in [-0.1, -0.05) is 0 Å². The van der Waals surface area contributed by atoms with Gasteiger partial charge >= 0.3 is 5.97 Å². The molecule has 1 aromatic heterocycles. The number of aromatic hydroxyl groups is 1. The molecule has 0 spiro atoms. The van der Waals surface area contributed by atoms with E-state index in [0.29, 0.717) is 5.69 Å². The summed E-state index contributed by atoms with van der Waals surface area (Å²) in [5.41, 5.74) is -0.310. The summed E-state index contributed by atoms with van der Waals surface area (Å²) in [5.74, 6) is -2.08. The van der Waals surface area contributed by atoms with Crippen LogP contribution in [0.2, 0.25) is 0 Å². The highest BCUT2D eigenvalue weighted by Gasteiger charge is 2.16. The monoisotopic (exact) mass is 377 g/mol. The van der Waals surface area contributed by atoms with Crippen LogP contribution in [0.3, 0.4) is 0 Å². The molecule has 136 valence electrons. The molecule has 0 saturated carbocycles. The molecule has 0 aliphatic carbocycles. The Balaban J connectivity index is 2.56. The van der Waals surface area contributed by atoms with E-state index in [1.54, 1.807) is 19.9 Å². The van der Waals surface area contributed by atoms with Crippen LogP contribution >= 0.6 is 11.3 Å². The van der Waals surface area contributed by atoms with Crippen LogP contribution in [0.1, 0.15) is 13.8 Å². The molecule has 0 radical (unpaired) electrons. The van der Waals surface area contributed by atoms with Gasteiger partial charge in [0.2, 0.25) is 0 Å². The van der Waals surface area contributed by atoms with Gasteiger partial charge in [-0.15, -0.1) is 11.3 Å². The fourth-order valence-electron chi connectivity index (χ4n) is 2.12. The number of thiazole rings is 1. The number of carbonyl (C=O) groups is 1. The fourth-order valence-corrected chi connectivity index (χ4v) is 3.20. The minimum Gasteiger partial charge on any atom is -0.505 e. The Morgan fingerprint density at radius 2 is 2.23 bits per heavy atom. The SMILES string of the molecule is CCOC(=O)/C(C#N)=c1\s/c(=C/Nc2ccc(O)c(F)c2)c(=O)n1CC. The number of phenolic OH excluding ortho intramolecular Hbond substituents is 1. The van der Waals surface area contributed by atoms with Crippen molar-refractivity contribution in [1.29, 1.82) is 5.26 Å². The first-order valence-electron chi connectivity index (χ1n) is 7.69. The van der Waals surface area contributed by atoms with Crippen LogP contribution < -0.4 is 20.1 Å². The van der Waals surface area contributed by atoms with Gasteiger partial charge in [0.05, 0.1) is 6.61 Å². The molecule has 0 saturated heterocycles. The Bertz CT molecular complexity index is 1050. The zero-order valence-electron chi connectivity index (χ0n) is 14.1. The number of ether oxygens (including phenoxy) is 1. The number of nitrogens with one attached hydrogen (secondary N) is 1. The standard InChI is InChI=1S/C17H16FN3O4S/c1-3-21-15(23)14(9-20-10-5-6-13(22)12(18)7-10)26-16(21)11(8-19)17(24)25-4-2/h5-7,9,20,22H,3-4H2,1-2H3/b14-9+,16-11-. The largest absolute Gasteiger partial charge is 0.505 e. The zero-order chi connectivity index (χ0) is 19.3. The van der Waals surface area contributed by atoms with E-state index < -0.39 is 23.1 Å². The van der Waals surface area contributed by atoms with Gasteiger partial charge in [-0.05, 0) is 26.0 Å². The summed E-state index contributed by atoms with van der Waals surface area (Å²) >= 11 is 0.953. The molecule has 0 amide bonds. The van der Waals surface area contributed by atoms with Gasteiger partial charge in [-0.2, -0.15) is 5.26 Å². The lowest BCUT2D eigenvalue weighted by Gasteiger charge is -2.00. The van der Waals surface area contributed by atoms with E-state index in [-0.39, 0.29) is 27.9 Å². The molecule has 0 aliphatic heterocycles. The number of nitriles is 1. The second-order valence-electron chi connectivity index (χ2n) is 4.98. The summed E-state index contributed by atoms with van der Waals surface area (Å²) in [5, 5.41) is 21.2. The van der Waals surface area contributed by atoms with Crippen LogP contribution in [-0.2, 0) is 16.1 Å². The predicted octanol–water partition coefficient (Wildman–Crippen LogP) is 0.862. The van der Waals surface area contributed by atoms with Crippen LogP contribution in [-0.4, -0.2) is 22.2 Å². The average Bonchev–Trinajstić information content (AvgIpc) is 2.92. The molecule has 1 aromatic carbocycles. The van der Waals surface area contributed by atoms with Crippen LogP contribution in [0.5, 0.6) is 5.75 Å². The molecular weight excluding hydrogens is 361 g/mol. The number of benzene rings is 1. The molecule has 0 fully saturated rings. The summed E-state index contributed by atoms with van der Waals surface area (Å²) in [6, 6.07) is 5.48. The third-order valence-corrected chi connectivity index (χ3v) is 4.48. The normalized spacial score (nSPS) is 12.5. The Morgan fingerprint density at radius 1 is 1.50 bits per heavy atom. The topological polar surface area (TPSA) is 104 Å². The summed E-state index contributed by atoms with van der Waals surface area (Å²) in [4.78, 5) is 24.4. The quantitative estimate of drug-likeness (QED) is 0.592. The highest BCUT2D eigenvalue weighted by Crippen LogP contribution is 2.19. The molecule has 0 aliphatic rings.